The van der Waals surface area contributed by atoms with E-state index in [1.54, 1.807) is 0 Å². The Morgan fingerprint density at radius 1 is 1.06 bits per heavy atom. The maximum atomic E-state index is 12.7. The average molecular weight is 465 g/mol. The van der Waals surface area contributed by atoms with Crippen molar-refractivity contribution in [1.29, 1.82) is 0 Å². The van der Waals surface area contributed by atoms with Crippen molar-refractivity contribution in [2.75, 3.05) is 24.5 Å². The van der Waals surface area contributed by atoms with Crippen LogP contribution in [0.4, 0.5) is 10.5 Å². The van der Waals surface area contributed by atoms with Gasteiger partial charge in [-0.15, -0.1) is 0 Å². The van der Waals surface area contributed by atoms with E-state index in [0.29, 0.717) is 12.0 Å². The zero-order chi connectivity index (χ0) is 23.8. The monoisotopic (exact) mass is 464 g/mol. The lowest BCUT2D eigenvalue weighted by atomic mass is 9.65. The molecule has 1 spiro atoms. The van der Waals surface area contributed by atoms with Gasteiger partial charge in [0.25, 0.3) is 0 Å². The Hall–Kier alpha value is -3.09. The van der Waals surface area contributed by atoms with Crippen molar-refractivity contribution in [1.82, 2.24) is 15.6 Å². The highest BCUT2D eigenvalue weighted by molar-refractivity contribution is 5.78. The summed E-state index contributed by atoms with van der Waals surface area (Å²) in [6, 6.07) is 13.5. The first-order valence-electron chi connectivity index (χ1n) is 12.4. The molecule has 4 rings (SSSR count). The highest BCUT2D eigenvalue weighted by Gasteiger charge is 2.39. The van der Waals surface area contributed by atoms with E-state index in [0.717, 1.165) is 44.3 Å². The molecule has 1 aromatic heterocycles. The van der Waals surface area contributed by atoms with Gasteiger partial charge in [0.15, 0.2) is 0 Å². The van der Waals surface area contributed by atoms with Gasteiger partial charge >= 0.3 is 6.09 Å². The summed E-state index contributed by atoms with van der Waals surface area (Å²) in [6.07, 6.45) is 9.75. The van der Waals surface area contributed by atoms with Gasteiger partial charge in [-0.3, -0.25) is 9.78 Å². The quantitative estimate of drug-likeness (QED) is 0.639. The maximum absolute atomic E-state index is 12.7. The van der Waals surface area contributed by atoms with Crippen molar-refractivity contribution in [3.63, 3.8) is 0 Å². The Bertz CT molecular complexity index is 919. The van der Waals surface area contributed by atoms with Crippen molar-refractivity contribution in [2.45, 2.75) is 58.1 Å². The van der Waals surface area contributed by atoms with Gasteiger partial charge in [-0.2, -0.15) is 0 Å². The lowest BCUT2D eigenvalue weighted by molar-refractivity contribution is -0.127. The van der Waals surface area contributed by atoms with E-state index < -0.39 is 6.09 Å². The van der Waals surface area contributed by atoms with Gasteiger partial charge in [0.2, 0.25) is 5.91 Å². The van der Waals surface area contributed by atoms with Gasteiger partial charge in [-0.05, 0) is 68.6 Å². The van der Waals surface area contributed by atoms with Crippen LogP contribution in [0.5, 0.6) is 0 Å². The SMILES string of the molecule is C[C@H](CNC(=O)C1CCC2(CC1)CCN(c1ccncc1)CC2)NC(=O)OCc1ccccc1. The minimum absolute atomic E-state index is 0.0704. The van der Waals surface area contributed by atoms with Gasteiger partial charge in [0.1, 0.15) is 6.61 Å². The molecule has 182 valence electrons. The van der Waals surface area contributed by atoms with E-state index in [-0.39, 0.29) is 24.5 Å². The molecule has 2 N–H and O–H groups in total. The number of nitrogens with zero attached hydrogens (tertiary/aromatic N) is 2. The van der Waals surface area contributed by atoms with Crippen LogP contribution in [-0.2, 0) is 16.1 Å². The molecule has 0 radical (unpaired) electrons. The highest BCUT2D eigenvalue weighted by atomic mass is 16.5. The number of amides is 2. The molecule has 0 unspecified atom stereocenters. The number of ether oxygens (including phenoxy) is 1. The van der Waals surface area contributed by atoms with Crippen LogP contribution in [0.3, 0.4) is 0 Å². The molecule has 2 amide bonds. The first-order chi connectivity index (χ1) is 16.5. The molecule has 2 heterocycles. The maximum Gasteiger partial charge on any atom is 0.407 e. The number of hydrogen-bond donors (Lipinski definition) is 2. The number of carbonyl (C=O) groups excluding carboxylic acids is 2. The summed E-state index contributed by atoms with van der Waals surface area (Å²) in [6.45, 7) is 4.66. The van der Waals surface area contributed by atoms with E-state index in [1.807, 2.05) is 49.6 Å². The molecule has 1 saturated carbocycles. The van der Waals surface area contributed by atoms with E-state index in [9.17, 15) is 9.59 Å². The number of pyridine rings is 1. The van der Waals surface area contributed by atoms with Crippen LogP contribution in [0.15, 0.2) is 54.9 Å². The topological polar surface area (TPSA) is 83.6 Å². The molecule has 1 atom stereocenters. The van der Waals surface area contributed by atoms with Crippen LogP contribution in [0.2, 0.25) is 0 Å². The minimum Gasteiger partial charge on any atom is -0.445 e. The molecule has 1 saturated heterocycles. The summed E-state index contributed by atoms with van der Waals surface area (Å²) < 4.78 is 5.25. The van der Waals surface area contributed by atoms with Crippen LogP contribution in [0, 0.1) is 11.3 Å². The molecule has 1 aliphatic heterocycles. The minimum atomic E-state index is -0.469. The molecule has 1 aromatic carbocycles. The second kappa shape index (κ2) is 11.4. The second-order valence-electron chi connectivity index (χ2n) is 9.82. The number of nitrogens with one attached hydrogen (secondary N) is 2. The Morgan fingerprint density at radius 2 is 1.74 bits per heavy atom. The smallest absolute Gasteiger partial charge is 0.407 e. The van der Waals surface area contributed by atoms with Crippen LogP contribution in [0.1, 0.15) is 51.0 Å². The fourth-order valence-electron chi connectivity index (χ4n) is 5.20. The number of benzene rings is 1. The zero-order valence-corrected chi connectivity index (χ0v) is 20.0. The van der Waals surface area contributed by atoms with Crippen LogP contribution in [0.25, 0.3) is 0 Å². The summed E-state index contributed by atoms with van der Waals surface area (Å²) in [4.78, 5) is 31.3. The van der Waals surface area contributed by atoms with Gasteiger partial charge in [0.05, 0.1) is 0 Å². The first-order valence-corrected chi connectivity index (χ1v) is 12.4. The highest BCUT2D eigenvalue weighted by Crippen LogP contribution is 2.46. The second-order valence-corrected chi connectivity index (χ2v) is 9.82. The van der Waals surface area contributed by atoms with E-state index >= 15 is 0 Å². The van der Waals surface area contributed by atoms with E-state index in [4.69, 9.17) is 4.74 Å². The summed E-state index contributed by atoms with van der Waals surface area (Å²) in [5, 5.41) is 5.82. The third-order valence-electron chi connectivity index (χ3n) is 7.43. The number of piperidine rings is 1. The van der Waals surface area contributed by atoms with Gasteiger partial charge in [0, 0.05) is 49.7 Å². The summed E-state index contributed by atoms with van der Waals surface area (Å²) in [5.41, 5.74) is 2.58. The van der Waals surface area contributed by atoms with Crippen LogP contribution < -0.4 is 15.5 Å². The third kappa shape index (κ3) is 6.49. The molecule has 7 nitrogen and oxygen atoms in total. The number of hydrogen-bond acceptors (Lipinski definition) is 5. The van der Waals surface area contributed by atoms with Crippen molar-refractivity contribution in [3.8, 4) is 0 Å². The first kappa shape index (κ1) is 24.0. The zero-order valence-electron chi connectivity index (χ0n) is 20.0. The van der Waals surface area contributed by atoms with Gasteiger partial charge < -0.3 is 20.3 Å². The lowest BCUT2D eigenvalue weighted by Gasteiger charge is -2.46. The normalized spacial score (nSPS) is 18.8. The molecular formula is C27H36N4O3. The molecule has 1 aliphatic carbocycles. The summed E-state index contributed by atoms with van der Waals surface area (Å²) in [7, 11) is 0. The summed E-state index contributed by atoms with van der Waals surface area (Å²) >= 11 is 0. The lowest BCUT2D eigenvalue weighted by Crippen LogP contribution is -2.46. The fourth-order valence-corrected chi connectivity index (χ4v) is 5.20. The Labute approximate surface area is 202 Å². The number of anilines is 1. The van der Waals surface area contributed by atoms with Crippen molar-refractivity contribution in [2.24, 2.45) is 11.3 Å². The fraction of sp³-hybridized carbons (Fsp3) is 0.519. The Balaban J connectivity index is 1.13. The number of rotatable bonds is 7. The Morgan fingerprint density at radius 3 is 2.41 bits per heavy atom. The molecule has 0 bridgehead atoms. The molecule has 2 aliphatic rings. The summed E-state index contributed by atoms with van der Waals surface area (Å²) in [5.74, 6) is 0.177. The molecule has 2 fully saturated rings. The number of carbonyl (C=O) groups is 2. The molecule has 2 aromatic rings. The van der Waals surface area contributed by atoms with Crippen LogP contribution in [-0.4, -0.2) is 42.7 Å². The third-order valence-corrected chi connectivity index (χ3v) is 7.43. The predicted molar refractivity (Wildman–Crippen MR) is 132 cm³/mol. The Kier molecular flexibility index (Phi) is 8.03. The van der Waals surface area contributed by atoms with Crippen molar-refractivity contribution in [3.05, 3.63) is 60.4 Å². The molecular weight excluding hydrogens is 428 g/mol. The standard InChI is InChI=1S/C27H36N4O3/c1-21(30-26(33)34-20-22-5-3-2-4-6-22)19-29-25(32)23-7-11-27(12-8-23)13-17-31(18-14-27)24-9-15-28-16-10-24/h2-6,9-10,15-16,21,23H,7-8,11-14,17-20H2,1H3,(H,29,32)(H,30,33)/t21-/m1/s1. The van der Waals surface area contributed by atoms with Gasteiger partial charge in [-0.1, -0.05) is 30.3 Å². The average Bonchev–Trinajstić information content (AvgIpc) is 2.88. The van der Waals surface area contributed by atoms with Crippen molar-refractivity contribution < 1.29 is 14.3 Å². The molecule has 34 heavy (non-hydrogen) atoms. The molecule has 7 heteroatoms. The van der Waals surface area contributed by atoms with Crippen LogP contribution >= 0.6 is 0 Å². The van der Waals surface area contributed by atoms with Gasteiger partial charge in [-0.25, -0.2) is 4.79 Å². The van der Waals surface area contributed by atoms with E-state index in [2.05, 4.69) is 32.7 Å². The predicted octanol–water partition coefficient (Wildman–Crippen LogP) is 4.29. The van der Waals surface area contributed by atoms with E-state index in [1.165, 1.54) is 18.5 Å². The number of alkyl carbamates (subject to hydrolysis) is 1. The number of aromatic nitrogens is 1. The largest absolute Gasteiger partial charge is 0.445 e. The van der Waals surface area contributed by atoms with Crippen molar-refractivity contribution >= 4 is 17.7 Å².